The van der Waals surface area contributed by atoms with Crippen molar-refractivity contribution in [3.8, 4) is 34.1 Å². The first-order valence-electron chi connectivity index (χ1n) is 19.6. The fraction of sp³-hybridized carbons (Fsp3) is 0.444. The number of hydrogen-bond donors (Lipinski definition) is 4. The normalized spacial score (nSPS) is 17.1. The molecule has 4 N–H and O–H groups in total. The minimum Gasteiger partial charge on any atom is -0.493 e. The maximum Gasteiger partial charge on any atom is 0.328 e. The summed E-state index contributed by atoms with van der Waals surface area (Å²) in [6.45, 7) is 10.5. The third-order valence-corrected chi connectivity index (χ3v) is 11.5. The summed E-state index contributed by atoms with van der Waals surface area (Å²) in [6.07, 6.45) is 2.92. The van der Waals surface area contributed by atoms with Gasteiger partial charge >= 0.3 is 5.97 Å². The van der Waals surface area contributed by atoms with Crippen LogP contribution in [0.3, 0.4) is 0 Å². The molecule has 4 aromatic carbocycles. The van der Waals surface area contributed by atoms with Crippen molar-refractivity contribution in [1.29, 1.82) is 0 Å². The number of rotatable bonds is 18. The van der Waals surface area contributed by atoms with Gasteiger partial charge < -0.3 is 39.2 Å². The highest BCUT2D eigenvalue weighted by Crippen LogP contribution is 2.47. The first-order chi connectivity index (χ1) is 27.3. The van der Waals surface area contributed by atoms with Crippen molar-refractivity contribution < 1.29 is 38.7 Å². The molecule has 2 aliphatic rings. The number of nitrogens with one attached hydrogen (secondary N) is 2. The Bertz CT molecular complexity index is 2070. The Labute approximate surface area is 345 Å². The summed E-state index contributed by atoms with van der Waals surface area (Å²) in [5, 5.41) is 27.0. The van der Waals surface area contributed by atoms with Gasteiger partial charge in [0, 0.05) is 41.9 Å². The van der Waals surface area contributed by atoms with Gasteiger partial charge in [-0.15, -0.1) is 0 Å². The number of carbonyl (C=O) groups is 1. The smallest absolute Gasteiger partial charge is 0.328 e. The molecule has 3 atom stereocenters. The van der Waals surface area contributed by atoms with Crippen LogP contribution in [0.2, 0.25) is 10.0 Å². The lowest BCUT2D eigenvalue weighted by Crippen LogP contribution is -2.52. The predicted molar refractivity (Wildman–Crippen MR) is 223 cm³/mol. The van der Waals surface area contributed by atoms with E-state index in [0.717, 1.165) is 47.9 Å². The minimum absolute atomic E-state index is 0.00250. The summed E-state index contributed by atoms with van der Waals surface area (Å²) in [6, 6.07) is 20.2. The molecular formula is C45H54Cl2N2O8. The lowest BCUT2D eigenvalue weighted by atomic mass is 9.91. The van der Waals surface area contributed by atoms with Crippen LogP contribution in [0.15, 0.2) is 60.7 Å². The van der Waals surface area contributed by atoms with Gasteiger partial charge in [-0.1, -0.05) is 59.6 Å². The van der Waals surface area contributed by atoms with E-state index in [0.29, 0.717) is 52.8 Å². The Morgan fingerprint density at radius 2 is 1.19 bits per heavy atom. The van der Waals surface area contributed by atoms with Crippen LogP contribution in [0.25, 0.3) is 11.1 Å². The minimum atomic E-state index is -1.29. The van der Waals surface area contributed by atoms with Gasteiger partial charge in [-0.25, -0.2) is 4.79 Å². The molecule has 0 bridgehead atoms. The maximum absolute atomic E-state index is 12.3. The maximum atomic E-state index is 12.3. The first-order valence-corrected chi connectivity index (χ1v) is 20.4. The molecule has 0 radical (unpaired) electrons. The molecular weight excluding hydrogens is 767 g/mol. The number of fused-ring (bicyclic) bond motifs is 2. The number of aliphatic hydroxyl groups excluding tert-OH is 2. The highest BCUT2D eigenvalue weighted by molar-refractivity contribution is 6.32. The molecule has 0 heterocycles. The molecule has 0 amide bonds. The van der Waals surface area contributed by atoms with Gasteiger partial charge in [0.15, 0.2) is 0 Å². The van der Waals surface area contributed by atoms with Gasteiger partial charge in [-0.3, -0.25) is 5.32 Å². The number of aliphatic hydroxyl groups is 2. The van der Waals surface area contributed by atoms with E-state index < -0.39 is 23.7 Å². The van der Waals surface area contributed by atoms with Crippen LogP contribution in [0.4, 0.5) is 0 Å². The molecule has 57 heavy (non-hydrogen) atoms. The summed E-state index contributed by atoms with van der Waals surface area (Å²) in [4.78, 5) is 12.3. The van der Waals surface area contributed by atoms with Crippen molar-refractivity contribution in [2.24, 2.45) is 0 Å². The van der Waals surface area contributed by atoms with E-state index in [2.05, 4.69) is 47.0 Å². The van der Waals surface area contributed by atoms with Crippen molar-refractivity contribution in [1.82, 2.24) is 10.6 Å². The number of halogens is 2. The molecule has 0 unspecified atom stereocenters. The number of carbonyl (C=O) groups excluding carboxylic acids is 1. The zero-order chi connectivity index (χ0) is 40.9. The van der Waals surface area contributed by atoms with Gasteiger partial charge in [0.1, 0.15) is 40.7 Å². The van der Waals surface area contributed by atoms with Crippen LogP contribution in [-0.4, -0.2) is 60.8 Å². The van der Waals surface area contributed by atoms with Crippen LogP contribution in [0.1, 0.15) is 93.0 Å². The first kappa shape index (κ1) is 42.6. The second-order valence-electron chi connectivity index (χ2n) is 15.4. The zero-order valence-corrected chi connectivity index (χ0v) is 35.1. The van der Waals surface area contributed by atoms with E-state index in [9.17, 15) is 15.0 Å². The SMILES string of the molecule is CCOc1cc(O[C@H]2CCc3c(-c4cccc5c4CC[C@@H]5Oc4cc(OCC)c(CN[C@@](C)(CO)C(=O)OC)cc4Cl)cccc32)c(Cl)cc1CNC(C)(C)CO. The Morgan fingerprint density at radius 3 is 1.61 bits per heavy atom. The largest absolute Gasteiger partial charge is 0.493 e. The molecule has 10 nitrogen and oxygen atoms in total. The summed E-state index contributed by atoms with van der Waals surface area (Å²) in [5.74, 6) is 1.79. The standard InChI is InChI=1S/C45H54Cl2N2O8/c1-7-54-39-21-41(35(46)19-27(39)23-48-44(3,4)25-50)56-37-17-15-31-29(11-9-13-33(31)37)30-12-10-14-34-32(30)16-18-38(34)57-42-22-40(55-8-2)28(20-36(42)47)24-49-45(5,26-51)43(52)53-6/h9-14,19-22,37-38,48-51H,7-8,15-18,23-26H2,1-6H3/t37-,38-,45-/m0/s1. The molecule has 0 spiro atoms. The topological polar surface area (TPSA) is 128 Å². The highest BCUT2D eigenvalue weighted by atomic mass is 35.5. The van der Waals surface area contributed by atoms with Crippen molar-refractivity contribution in [3.05, 3.63) is 104 Å². The Balaban J connectivity index is 1.22. The second-order valence-corrected chi connectivity index (χ2v) is 16.2. The molecule has 2 aliphatic carbocycles. The van der Waals surface area contributed by atoms with E-state index in [1.165, 1.54) is 29.4 Å². The Kier molecular flexibility index (Phi) is 13.6. The summed E-state index contributed by atoms with van der Waals surface area (Å²) >= 11 is 13.7. The van der Waals surface area contributed by atoms with Crippen LogP contribution in [0, 0.1) is 0 Å². The molecule has 0 saturated carbocycles. The average Bonchev–Trinajstić information content (AvgIpc) is 3.82. The van der Waals surface area contributed by atoms with Crippen molar-refractivity contribution in [3.63, 3.8) is 0 Å². The highest BCUT2D eigenvalue weighted by Gasteiger charge is 2.34. The van der Waals surface area contributed by atoms with Gasteiger partial charge in [-0.2, -0.15) is 0 Å². The van der Waals surface area contributed by atoms with E-state index in [4.69, 9.17) is 46.9 Å². The number of benzene rings is 4. The molecule has 0 saturated heterocycles. The fourth-order valence-corrected chi connectivity index (χ4v) is 8.04. The van der Waals surface area contributed by atoms with Crippen LogP contribution >= 0.6 is 23.2 Å². The van der Waals surface area contributed by atoms with Gasteiger partial charge in [0.25, 0.3) is 0 Å². The van der Waals surface area contributed by atoms with Gasteiger partial charge in [0.2, 0.25) is 0 Å². The van der Waals surface area contributed by atoms with Crippen LogP contribution < -0.4 is 29.6 Å². The van der Waals surface area contributed by atoms with Crippen LogP contribution in [0.5, 0.6) is 23.0 Å². The lowest BCUT2D eigenvalue weighted by Gasteiger charge is -2.26. The van der Waals surface area contributed by atoms with E-state index in [1.54, 1.807) is 19.1 Å². The van der Waals surface area contributed by atoms with Gasteiger partial charge in [0.05, 0.1) is 43.6 Å². The summed E-state index contributed by atoms with van der Waals surface area (Å²) in [5.41, 5.74) is 7.07. The van der Waals surface area contributed by atoms with Crippen molar-refractivity contribution >= 4 is 29.2 Å². The third-order valence-electron chi connectivity index (χ3n) is 10.9. The zero-order valence-electron chi connectivity index (χ0n) is 33.6. The third kappa shape index (κ3) is 9.32. The average molecular weight is 822 g/mol. The lowest BCUT2D eigenvalue weighted by molar-refractivity contribution is -0.149. The van der Waals surface area contributed by atoms with E-state index >= 15 is 0 Å². The summed E-state index contributed by atoms with van der Waals surface area (Å²) < 4.78 is 30.2. The quantitative estimate of drug-likeness (QED) is 0.0727. The number of esters is 1. The molecule has 0 fully saturated rings. The Hall–Kier alpha value is -4.03. The fourth-order valence-electron chi connectivity index (χ4n) is 7.58. The molecule has 12 heteroatoms. The van der Waals surface area contributed by atoms with Crippen LogP contribution in [-0.2, 0) is 35.5 Å². The monoisotopic (exact) mass is 820 g/mol. The molecule has 4 aromatic rings. The van der Waals surface area contributed by atoms with Crippen molar-refractivity contribution in [2.75, 3.05) is 33.5 Å². The molecule has 306 valence electrons. The van der Waals surface area contributed by atoms with E-state index in [-0.39, 0.29) is 25.4 Å². The van der Waals surface area contributed by atoms with E-state index in [1.807, 2.05) is 39.8 Å². The number of methoxy groups -OCH3 is 1. The predicted octanol–water partition coefficient (Wildman–Crippen LogP) is 8.46. The number of hydrogen-bond acceptors (Lipinski definition) is 10. The molecule has 0 aliphatic heterocycles. The van der Waals surface area contributed by atoms with Gasteiger partial charge in [-0.05, 0) is 106 Å². The van der Waals surface area contributed by atoms with Crippen molar-refractivity contribution in [2.45, 2.75) is 96.7 Å². The second kappa shape index (κ2) is 18.3. The Morgan fingerprint density at radius 1 is 0.719 bits per heavy atom. The number of ether oxygens (including phenoxy) is 5. The summed E-state index contributed by atoms with van der Waals surface area (Å²) in [7, 11) is 1.29. The molecule has 6 rings (SSSR count). The molecule has 0 aromatic heterocycles.